The van der Waals surface area contributed by atoms with Gasteiger partial charge in [-0.2, -0.15) is 0 Å². The van der Waals surface area contributed by atoms with Crippen LogP contribution in [0.2, 0.25) is 0 Å². The first-order chi connectivity index (χ1) is 17.8. The summed E-state index contributed by atoms with van der Waals surface area (Å²) >= 11 is 1.76. The van der Waals surface area contributed by atoms with Crippen molar-refractivity contribution in [2.45, 2.75) is 9.79 Å². The Labute approximate surface area is 212 Å². The maximum absolute atomic E-state index is 4.65. The van der Waals surface area contributed by atoms with Gasteiger partial charge in [0.05, 0.1) is 17.7 Å². The average molecular weight is 487 g/mol. The number of para-hydroxylation sites is 1. The second-order valence-electron chi connectivity index (χ2n) is 8.79. The predicted octanol–water partition coefficient (Wildman–Crippen LogP) is 6.67. The molecule has 6 aromatic rings. The lowest BCUT2D eigenvalue weighted by Crippen LogP contribution is -2.24. The smallest absolute Gasteiger partial charge is 0.178 e. The molecule has 36 heavy (non-hydrogen) atoms. The molecule has 6 nitrogen and oxygen atoms in total. The highest BCUT2D eigenvalue weighted by molar-refractivity contribution is 7.99. The van der Waals surface area contributed by atoms with Gasteiger partial charge in [0, 0.05) is 51.9 Å². The van der Waals surface area contributed by atoms with E-state index in [9.17, 15) is 0 Å². The highest BCUT2D eigenvalue weighted by atomic mass is 32.2. The van der Waals surface area contributed by atoms with Crippen molar-refractivity contribution in [3.8, 4) is 5.82 Å². The Balaban J connectivity index is 1.29. The van der Waals surface area contributed by atoms with Crippen LogP contribution in [0, 0.1) is 0 Å². The van der Waals surface area contributed by atoms with E-state index in [0.29, 0.717) is 0 Å². The Hall–Kier alpha value is -4.36. The van der Waals surface area contributed by atoms with E-state index >= 15 is 0 Å². The van der Waals surface area contributed by atoms with Crippen molar-refractivity contribution in [2.75, 3.05) is 23.5 Å². The molecule has 174 valence electrons. The van der Waals surface area contributed by atoms with Crippen molar-refractivity contribution < 1.29 is 0 Å². The van der Waals surface area contributed by atoms with Crippen LogP contribution in [0.3, 0.4) is 0 Å². The van der Waals surface area contributed by atoms with Crippen LogP contribution in [0.5, 0.6) is 0 Å². The normalized spacial score (nSPS) is 13.0. The number of aromatic nitrogens is 4. The Kier molecular flexibility index (Phi) is 4.89. The van der Waals surface area contributed by atoms with Crippen molar-refractivity contribution in [1.82, 2.24) is 19.5 Å². The van der Waals surface area contributed by atoms with E-state index in [1.165, 1.54) is 20.6 Å². The van der Waals surface area contributed by atoms with Gasteiger partial charge in [-0.05, 0) is 48.5 Å². The molecule has 1 aliphatic rings. The minimum atomic E-state index is 0.726. The summed E-state index contributed by atoms with van der Waals surface area (Å²) in [7, 11) is 2.04. The lowest BCUT2D eigenvalue weighted by molar-refractivity contribution is 0.934. The SMILES string of the molecule is CN1CN(c2cccc(Sc3ccc4c5ccccc5n(-c5ccccn5)c4c3)c2)c2nccnc21. The first kappa shape index (κ1) is 21.0. The average Bonchev–Trinajstić information content (AvgIpc) is 3.44. The number of rotatable bonds is 4. The summed E-state index contributed by atoms with van der Waals surface area (Å²) in [6.45, 7) is 0.726. The number of nitrogens with zero attached hydrogens (tertiary/aromatic N) is 6. The fraction of sp³-hybridized carbons (Fsp3) is 0.0690. The monoisotopic (exact) mass is 486 g/mol. The van der Waals surface area contributed by atoms with Crippen LogP contribution in [-0.4, -0.2) is 33.2 Å². The number of hydrogen-bond donors (Lipinski definition) is 0. The topological polar surface area (TPSA) is 50.1 Å². The molecule has 7 rings (SSSR count). The highest BCUT2D eigenvalue weighted by Gasteiger charge is 2.27. The van der Waals surface area contributed by atoms with Gasteiger partial charge in [0.25, 0.3) is 0 Å². The van der Waals surface area contributed by atoms with E-state index < -0.39 is 0 Å². The van der Waals surface area contributed by atoms with Crippen LogP contribution in [0.15, 0.2) is 113 Å². The van der Waals surface area contributed by atoms with Crippen molar-refractivity contribution in [3.05, 3.63) is 104 Å². The summed E-state index contributed by atoms with van der Waals surface area (Å²) in [4.78, 5) is 20.4. The Morgan fingerprint density at radius 3 is 2.36 bits per heavy atom. The molecule has 0 amide bonds. The number of pyridine rings is 1. The first-order valence-corrected chi connectivity index (χ1v) is 12.6. The van der Waals surface area contributed by atoms with Crippen LogP contribution < -0.4 is 9.80 Å². The van der Waals surface area contributed by atoms with E-state index in [0.717, 1.165) is 40.8 Å². The van der Waals surface area contributed by atoms with E-state index in [1.54, 1.807) is 24.2 Å². The van der Waals surface area contributed by atoms with Crippen LogP contribution in [0.25, 0.3) is 27.6 Å². The molecule has 4 heterocycles. The number of benzene rings is 3. The molecule has 0 atom stereocenters. The quantitative estimate of drug-likeness (QED) is 0.278. The van der Waals surface area contributed by atoms with Crippen LogP contribution in [-0.2, 0) is 0 Å². The van der Waals surface area contributed by atoms with Crippen molar-refractivity contribution in [3.63, 3.8) is 0 Å². The summed E-state index contributed by atoms with van der Waals surface area (Å²) < 4.78 is 2.25. The van der Waals surface area contributed by atoms with Gasteiger partial charge < -0.3 is 9.80 Å². The maximum atomic E-state index is 4.65. The first-order valence-electron chi connectivity index (χ1n) is 11.8. The molecule has 0 fully saturated rings. The Morgan fingerprint density at radius 2 is 1.47 bits per heavy atom. The highest BCUT2D eigenvalue weighted by Crippen LogP contribution is 2.40. The number of anilines is 3. The van der Waals surface area contributed by atoms with E-state index in [4.69, 9.17) is 0 Å². The zero-order chi connectivity index (χ0) is 24.1. The van der Waals surface area contributed by atoms with Crippen LogP contribution in [0.4, 0.5) is 17.3 Å². The fourth-order valence-electron chi connectivity index (χ4n) is 4.93. The molecule has 0 saturated heterocycles. The van der Waals surface area contributed by atoms with E-state index in [2.05, 4.69) is 102 Å². The standard InChI is InChI=1S/C29H22N6S/c1-33-19-34(29-28(33)31-15-16-32-29)20-7-6-8-21(17-20)36-22-12-13-24-23-9-2-3-10-25(23)35(26(24)18-22)27-11-4-5-14-30-27/h2-18H,19H2,1H3. The second kappa shape index (κ2) is 8.39. The molecule has 0 saturated carbocycles. The van der Waals surface area contributed by atoms with Gasteiger partial charge in [-0.25, -0.2) is 15.0 Å². The molecule has 7 heteroatoms. The molecule has 3 aromatic carbocycles. The summed E-state index contributed by atoms with van der Waals surface area (Å²) in [5.74, 6) is 2.72. The number of hydrogen-bond acceptors (Lipinski definition) is 6. The molecule has 0 aliphatic carbocycles. The lowest BCUT2D eigenvalue weighted by Gasteiger charge is -2.19. The number of fused-ring (bicyclic) bond motifs is 4. The van der Waals surface area contributed by atoms with Crippen molar-refractivity contribution in [1.29, 1.82) is 0 Å². The second-order valence-corrected chi connectivity index (χ2v) is 9.94. The molecule has 0 radical (unpaired) electrons. The largest absolute Gasteiger partial charge is 0.338 e. The molecule has 0 unspecified atom stereocenters. The van der Waals surface area contributed by atoms with Gasteiger partial charge in [-0.15, -0.1) is 0 Å². The van der Waals surface area contributed by atoms with E-state index in [-0.39, 0.29) is 0 Å². The van der Waals surface area contributed by atoms with Gasteiger partial charge >= 0.3 is 0 Å². The Bertz CT molecular complexity index is 1730. The molecular weight excluding hydrogens is 464 g/mol. The Morgan fingerprint density at radius 1 is 0.667 bits per heavy atom. The minimum Gasteiger partial charge on any atom is -0.338 e. The van der Waals surface area contributed by atoms with Gasteiger partial charge in [-0.3, -0.25) is 4.57 Å². The van der Waals surface area contributed by atoms with Crippen molar-refractivity contribution in [2.24, 2.45) is 0 Å². The van der Waals surface area contributed by atoms with E-state index in [1.807, 2.05) is 25.4 Å². The maximum Gasteiger partial charge on any atom is 0.178 e. The molecular formula is C29H22N6S. The minimum absolute atomic E-state index is 0.726. The summed E-state index contributed by atoms with van der Waals surface area (Å²) in [5, 5.41) is 2.46. The molecule has 1 aliphatic heterocycles. The zero-order valence-corrected chi connectivity index (χ0v) is 20.4. The molecule has 0 bridgehead atoms. The summed E-state index contributed by atoms with van der Waals surface area (Å²) in [6, 6.07) is 29.9. The summed E-state index contributed by atoms with van der Waals surface area (Å²) in [5.41, 5.74) is 3.42. The van der Waals surface area contributed by atoms with Gasteiger partial charge in [-0.1, -0.05) is 48.2 Å². The third-order valence-corrected chi connectivity index (χ3v) is 7.50. The lowest BCUT2D eigenvalue weighted by atomic mass is 10.2. The predicted molar refractivity (Wildman–Crippen MR) is 147 cm³/mol. The van der Waals surface area contributed by atoms with Gasteiger partial charge in [0.1, 0.15) is 5.82 Å². The third kappa shape index (κ3) is 3.39. The van der Waals surface area contributed by atoms with Crippen molar-refractivity contribution >= 4 is 50.9 Å². The molecule has 3 aromatic heterocycles. The third-order valence-electron chi connectivity index (χ3n) is 6.52. The summed E-state index contributed by atoms with van der Waals surface area (Å²) in [6.07, 6.45) is 5.34. The molecule has 0 spiro atoms. The van der Waals surface area contributed by atoms with Crippen LogP contribution in [0.1, 0.15) is 0 Å². The zero-order valence-electron chi connectivity index (χ0n) is 19.6. The van der Waals surface area contributed by atoms with Crippen LogP contribution >= 0.6 is 11.8 Å². The van der Waals surface area contributed by atoms with Gasteiger partial charge in [0.15, 0.2) is 11.6 Å². The fourth-order valence-corrected chi connectivity index (χ4v) is 5.84. The molecule has 0 N–H and O–H groups in total. The van der Waals surface area contributed by atoms with Gasteiger partial charge in [0.2, 0.25) is 0 Å².